The predicted molar refractivity (Wildman–Crippen MR) is 41.1 cm³/mol. The number of thioether (sulfide) groups is 1. The molecule has 0 spiro atoms. The highest BCUT2D eigenvalue weighted by molar-refractivity contribution is 8.13. The Morgan fingerprint density at radius 3 is 2.56 bits per heavy atom. The molecule has 0 amide bonds. The Hall–Kier alpha value is -0.530. The lowest BCUT2D eigenvalue weighted by atomic mass is 10.4. The van der Waals surface area contributed by atoms with Crippen LogP contribution in [0.5, 0.6) is 0 Å². The van der Waals surface area contributed by atoms with Crippen molar-refractivity contribution in [3.63, 3.8) is 0 Å². The SMILES string of the molecule is CN=C=C(C)C(=O)SC. The first kappa shape index (κ1) is 8.47. The summed E-state index contributed by atoms with van der Waals surface area (Å²) in [5, 5.41) is 0.0283. The van der Waals surface area contributed by atoms with Crippen LogP contribution < -0.4 is 0 Å². The lowest BCUT2D eigenvalue weighted by Gasteiger charge is -1.87. The van der Waals surface area contributed by atoms with Gasteiger partial charge >= 0.3 is 0 Å². The third-order valence-electron chi connectivity index (χ3n) is 0.771. The zero-order chi connectivity index (χ0) is 7.28. The smallest absolute Gasteiger partial charge is 0.224 e. The predicted octanol–water partition coefficient (Wildman–Crippen LogP) is 1.12. The number of rotatable bonds is 1. The number of carbonyl (C=O) groups excluding carboxylic acids is 1. The second-order valence-electron chi connectivity index (χ2n) is 1.45. The Bertz CT molecular complexity index is 168. The van der Waals surface area contributed by atoms with Gasteiger partial charge in [0.1, 0.15) is 0 Å². The third kappa shape index (κ3) is 3.12. The molecule has 0 aromatic rings. The molecule has 0 unspecified atom stereocenters. The average molecular weight is 143 g/mol. The van der Waals surface area contributed by atoms with Crippen molar-refractivity contribution in [2.24, 2.45) is 4.99 Å². The highest BCUT2D eigenvalue weighted by Gasteiger charge is 1.98. The van der Waals surface area contributed by atoms with Gasteiger partial charge in [0.25, 0.3) is 0 Å². The van der Waals surface area contributed by atoms with Crippen LogP contribution in [0.15, 0.2) is 10.6 Å². The molecule has 0 rings (SSSR count). The van der Waals surface area contributed by atoms with E-state index in [-0.39, 0.29) is 5.12 Å². The van der Waals surface area contributed by atoms with E-state index >= 15 is 0 Å². The summed E-state index contributed by atoms with van der Waals surface area (Å²) in [6.45, 7) is 1.70. The standard InChI is InChI=1S/C6H9NOS/c1-5(4-7-2)6(8)9-3/h1-3H3. The van der Waals surface area contributed by atoms with E-state index in [1.165, 1.54) is 11.8 Å². The molecule has 0 heterocycles. The van der Waals surface area contributed by atoms with Crippen LogP contribution in [0.4, 0.5) is 0 Å². The molecule has 0 saturated heterocycles. The van der Waals surface area contributed by atoms with Gasteiger partial charge in [-0.3, -0.25) is 4.79 Å². The summed E-state index contributed by atoms with van der Waals surface area (Å²) in [6, 6.07) is 0. The molecular formula is C6H9NOS. The van der Waals surface area contributed by atoms with E-state index in [2.05, 4.69) is 10.9 Å². The second kappa shape index (κ2) is 4.36. The first-order valence-corrected chi connectivity index (χ1v) is 3.71. The molecular weight excluding hydrogens is 134 g/mol. The molecule has 0 aliphatic rings. The minimum absolute atomic E-state index is 0.0283. The van der Waals surface area contributed by atoms with Crippen LogP contribution in [0.2, 0.25) is 0 Å². The first-order chi connectivity index (χ1) is 4.22. The van der Waals surface area contributed by atoms with Crippen LogP contribution in [0.1, 0.15) is 6.92 Å². The maximum absolute atomic E-state index is 10.7. The summed E-state index contributed by atoms with van der Waals surface area (Å²) in [7, 11) is 1.59. The van der Waals surface area contributed by atoms with Crippen LogP contribution in [-0.4, -0.2) is 24.3 Å². The molecule has 0 aliphatic heterocycles. The van der Waals surface area contributed by atoms with E-state index < -0.39 is 0 Å². The monoisotopic (exact) mass is 143 g/mol. The lowest BCUT2D eigenvalue weighted by Crippen LogP contribution is -1.91. The van der Waals surface area contributed by atoms with Crippen LogP contribution in [-0.2, 0) is 4.79 Å². The molecule has 9 heavy (non-hydrogen) atoms. The Morgan fingerprint density at radius 1 is 1.67 bits per heavy atom. The van der Waals surface area contributed by atoms with Gasteiger partial charge in [0.05, 0.1) is 5.57 Å². The zero-order valence-corrected chi connectivity index (χ0v) is 6.58. The van der Waals surface area contributed by atoms with E-state index in [0.29, 0.717) is 5.57 Å². The van der Waals surface area contributed by atoms with Crippen LogP contribution >= 0.6 is 11.8 Å². The third-order valence-corrected chi connectivity index (χ3v) is 1.45. The molecule has 0 N–H and O–H groups in total. The molecule has 0 radical (unpaired) electrons. The summed E-state index contributed by atoms with van der Waals surface area (Å²) in [5.41, 5.74) is 0.574. The minimum Gasteiger partial charge on any atom is -0.281 e. The largest absolute Gasteiger partial charge is 0.281 e. The quantitative estimate of drug-likeness (QED) is 0.406. The Kier molecular flexibility index (Phi) is 4.10. The number of nitrogens with zero attached hydrogens (tertiary/aromatic N) is 1. The minimum atomic E-state index is 0.0283. The molecule has 2 nitrogen and oxygen atoms in total. The average Bonchev–Trinajstić information content (AvgIpc) is 1.87. The maximum Gasteiger partial charge on any atom is 0.224 e. The van der Waals surface area contributed by atoms with Gasteiger partial charge < -0.3 is 0 Å². The van der Waals surface area contributed by atoms with Crippen molar-refractivity contribution in [3.8, 4) is 0 Å². The molecule has 0 saturated carbocycles. The molecule has 0 bridgehead atoms. The van der Waals surface area contributed by atoms with Gasteiger partial charge in [-0.05, 0) is 19.0 Å². The fraction of sp³-hybridized carbons (Fsp3) is 0.500. The molecule has 50 valence electrons. The van der Waals surface area contributed by atoms with Crippen LogP contribution in [0.25, 0.3) is 0 Å². The van der Waals surface area contributed by atoms with Crippen molar-refractivity contribution in [3.05, 3.63) is 5.57 Å². The zero-order valence-electron chi connectivity index (χ0n) is 5.76. The Balaban J connectivity index is 4.21. The second-order valence-corrected chi connectivity index (χ2v) is 2.23. The van der Waals surface area contributed by atoms with Crippen molar-refractivity contribution in [2.75, 3.05) is 13.3 Å². The summed E-state index contributed by atoms with van der Waals surface area (Å²) in [6.07, 6.45) is 1.74. The van der Waals surface area contributed by atoms with Crippen molar-refractivity contribution in [1.82, 2.24) is 0 Å². The molecule has 0 aliphatic carbocycles. The molecule has 0 atom stereocenters. The van der Waals surface area contributed by atoms with Crippen LogP contribution in [0.3, 0.4) is 0 Å². The van der Waals surface area contributed by atoms with Gasteiger partial charge in [-0.15, -0.1) is 0 Å². The van der Waals surface area contributed by atoms with Gasteiger partial charge in [-0.1, -0.05) is 11.8 Å². The van der Waals surface area contributed by atoms with E-state index in [4.69, 9.17) is 0 Å². The summed E-state index contributed by atoms with van der Waals surface area (Å²) in [4.78, 5) is 14.3. The van der Waals surface area contributed by atoms with Crippen LogP contribution in [0, 0.1) is 0 Å². The summed E-state index contributed by atoms with van der Waals surface area (Å²) >= 11 is 1.17. The summed E-state index contributed by atoms with van der Waals surface area (Å²) in [5.74, 6) is 2.57. The normalized spacial score (nSPS) is 7.89. The number of carbonyl (C=O) groups is 1. The topological polar surface area (TPSA) is 29.4 Å². The molecule has 0 aromatic heterocycles. The van der Waals surface area contributed by atoms with Crippen molar-refractivity contribution in [2.45, 2.75) is 6.92 Å². The number of aliphatic imine (C=N–C) groups is 1. The van der Waals surface area contributed by atoms with Crippen molar-refractivity contribution >= 4 is 22.7 Å². The van der Waals surface area contributed by atoms with E-state index in [1.54, 1.807) is 20.2 Å². The fourth-order valence-corrected chi connectivity index (χ4v) is 0.718. The van der Waals surface area contributed by atoms with Gasteiger partial charge in [0.2, 0.25) is 5.12 Å². The Labute approximate surface area is 59.1 Å². The Morgan fingerprint density at radius 2 is 2.22 bits per heavy atom. The van der Waals surface area contributed by atoms with Crippen molar-refractivity contribution < 1.29 is 4.79 Å². The van der Waals surface area contributed by atoms with Gasteiger partial charge in [0.15, 0.2) is 0 Å². The van der Waals surface area contributed by atoms with Gasteiger partial charge in [-0.25, -0.2) is 4.99 Å². The highest BCUT2D eigenvalue weighted by Crippen LogP contribution is 2.01. The van der Waals surface area contributed by atoms with E-state index in [1.807, 2.05) is 0 Å². The maximum atomic E-state index is 10.7. The first-order valence-electron chi connectivity index (χ1n) is 2.49. The molecule has 3 heteroatoms. The highest BCUT2D eigenvalue weighted by atomic mass is 32.2. The van der Waals surface area contributed by atoms with Crippen molar-refractivity contribution in [1.29, 1.82) is 0 Å². The van der Waals surface area contributed by atoms with Gasteiger partial charge in [0, 0.05) is 7.05 Å². The van der Waals surface area contributed by atoms with Gasteiger partial charge in [-0.2, -0.15) is 0 Å². The van der Waals surface area contributed by atoms with E-state index in [0.717, 1.165) is 0 Å². The number of hydrogen-bond acceptors (Lipinski definition) is 3. The van der Waals surface area contributed by atoms with E-state index in [9.17, 15) is 4.79 Å². The molecule has 0 fully saturated rings. The molecule has 0 aromatic carbocycles. The lowest BCUT2D eigenvalue weighted by molar-refractivity contribution is -0.107. The summed E-state index contributed by atoms with van der Waals surface area (Å²) < 4.78 is 0. The fourth-order valence-electron chi connectivity index (χ4n) is 0.366. The number of hydrogen-bond donors (Lipinski definition) is 0.